The SMILES string of the molecule is Cc1ccc(C)c(S(=O)(=O)NCCNC(=O)CCCn2nnc(-c3ccccc3)n2)c1. The predicted molar refractivity (Wildman–Crippen MR) is 117 cm³/mol. The van der Waals surface area contributed by atoms with Crippen LogP contribution in [0.2, 0.25) is 0 Å². The summed E-state index contributed by atoms with van der Waals surface area (Å²) in [7, 11) is -3.61. The molecule has 1 aromatic heterocycles. The number of sulfonamides is 1. The molecule has 1 heterocycles. The van der Waals surface area contributed by atoms with Crippen molar-refractivity contribution in [1.82, 2.24) is 30.2 Å². The molecule has 0 saturated heterocycles. The third kappa shape index (κ3) is 6.43. The summed E-state index contributed by atoms with van der Waals surface area (Å²) < 4.78 is 27.4. The van der Waals surface area contributed by atoms with Crippen LogP contribution in [0.3, 0.4) is 0 Å². The number of aryl methyl sites for hydroxylation is 3. The van der Waals surface area contributed by atoms with E-state index in [1.807, 2.05) is 43.3 Å². The molecule has 0 spiro atoms. The molecule has 31 heavy (non-hydrogen) atoms. The summed E-state index contributed by atoms with van der Waals surface area (Å²) in [5.41, 5.74) is 2.44. The molecule has 1 amide bonds. The second-order valence-electron chi connectivity index (χ2n) is 7.20. The Bertz CT molecular complexity index is 1130. The standard InChI is InChI=1S/C21H26N6O3S/c1-16-10-11-17(2)19(15-16)31(29,30)23-13-12-22-20(28)9-6-14-27-25-21(24-26-27)18-7-4-3-5-8-18/h3-5,7-8,10-11,15,23H,6,9,12-14H2,1-2H3,(H,22,28). The molecule has 0 saturated carbocycles. The van der Waals surface area contributed by atoms with Gasteiger partial charge in [-0.2, -0.15) is 4.80 Å². The van der Waals surface area contributed by atoms with Gasteiger partial charge in [0.15, 0.2) is 0 Å². The average Bonchev–Trinajstić information content (AvgIpc) is 3.22. The number of nitrogens with one attached hydrogen (secondary N) is 2. The van der Waals surface area contributed by atoms with Crippen molar-refractivity contribution >= 4 is 15.9 Å². The van der Waals surface area contributed by atoms with Gasteiger partial charge in [0.1, 0.15) is 0 Å². The lowest BCUT2D eigenvalue weighted by molar-refractivity contribution is -0.121. The van der Waals surface area contributed by atoms with E-state index in [0.717, 1.165) is 11.1 Å². The largest absolute Gasteiger partial charge is 0.355 e. The van der Waals surface area contributed by atoms with E-state index in [1.54, 1.807) is 19.1 Å². The van der Waals surface area contributed by atoms with E-state index in [9.17, 15) is 13.2 Å². The summed E-state index contributed by atoms with van der Waals surface area (Å²) in [5.74, 6) is 0.385. The number of nitrogens with zero attached hydrogens (tertiary/aromatic N) is 4. The predicted octanol–water partition coefficient (Wildman–Crippen LogP) is 1.83. The van der Waals surface area contributed by atoms with Gasteiger partial charge in [-0.15, -0.1) is 10.2 Å². The van der Waals surface area contributed by atoms with E-state index in [-0.39, 0.29) is 30.3 Å². The summed E-state index contributed by atoms with van der Waals surface area (Å²) in [5, 5.41) is 15.0. The molecule has 0 atom stereocenters. The molecule has 0 radical (unpaired) electrons. The first-order valence-electron chi connectivity index (χ1n) is 10.0. The van der Waals surface area contributed by atoms with Crippen LogP contribution in [0.5, 0.6) is 0 Å². The van der Waals surface area contributed by atoms with Gasteiger partial charge in [-0.05, 0) is 42.7 Å². The number of aromatic nitrogens is 4. The van der Waals surface area contributed by atoms with Crippen LogP contribution in [-0.4, -0.2) is 47.6 Å². The topological polar surface area (TPSA) is 119 Å². The second kappa shape index (κ2) is 10.3. The fourth-order valence-corrected chi connectivity index (χ4v) is 4.33. The highest BCUT2D eigenvalue weighted by Gasteiger charge is 2.16. The number of carbonyl (C=O) groups excluding carboxylic acids is 1. The van der Waals surface area contributed by atoms with Crippen LogP contribution in [0.1, 0.15) is 24.0 Å². The fraction of sp³-hybridized carbons (Fsp3) is 0.333. The number of tetrazole rings is 1. The van der Waals surface area contributed by atoms with E-state index >= 15 is 0 Å². The third-order valence-corrected chi connectivity index (χ3v) is 6.22. The molecule has 0 aliphatic carbocycles. The van der Waals surface area contributed by atoms with Gasteiger partial charge in [-0.1, -0.05) is 42.5 Å². The minimum absolute atomic E-state index is 0.118. The number of rotatable bonds is 10. The van der Waals surface area contributed by atoms with Crippen LogP contribution < -0.4 is 10.0 Å². The lowest BCUT2D eigenvalue weighted by Gasteiger charge is -2.10. The number of carbonyl (C=O) groups is 1. The minimum atomic E-state index is -3.61. The first-order chi connectivity index (χ1) is 14.8. The highest BCUT2D eigenvalue weighted by Crippen LogP contribution is 2.16. The zero-order chi connectivity index (χ0) is 22.3. The van der Waals surface area contributed by atoms with Gasteiger partial charge >= 0.3 is 0 Å². The highest BCUT2D eigenvalue weighted by molar-refractivity contribution is 7.89. The number of hydrogen-bond donors (Lipinski definition) is 2. The molecule has 0 bridgehead atoms. The Morgan fingerprint density at radius 3 is 2.61 bits per heavy atom. The van der Waals surface area contributed by atoms with Crippen LogP contribution in [0.4, 0.5) is 0 Å². The van der Waals surface area contributed by atoms with Crippen LogP contribution in [0.15, 0.2) is 53.4 Å². The normalized spacial score (nSPS) is 11.4. The molecule has 0 aliphatic rings. The monoisotopic (exact) mass is 442 g/mol. The summed E-state index contributed by atoms with van der Waals surface area (Å²) in [6, 6.07) is 14.8. The van der Waals surface area contributed by atoms with E-state index in [1.165, 1.54) is 4.80 Å². The Morgan fingerprint density at radius 1 is 1.06 bits per heavy atom. The van der Waals surface area contributed by atoms with Gasteiger partial charge in [0.05, 0.1) is 11.4 Å². The van der Waals surface area contributed by atoms with Crippen molar-refractivity contribution in [3.8, 4) is 11.4 Å². The molecule has 0 fully saturated rings. The van der Waals surface area contributed by atoms with Crippen molar-refractivity contribution in [3.63, 3.8) is 0 Å². The fourth-order valence-electron chi connectivity index (χ4n) is 2.97. The first-order valence-corrected chi connectivity index (χ1v) is 11.5. The molecule has 9 nitrogen and oxygen atoms in total. The maximum Gasteiger partial charge on any atom is 0.240 e. The third-order valence-electron chi connectivity index (χ3n) is 4.62. The molecule has 2 N–H and O–H groups in total. The van der Waals surface area contributed by atoms with E-state index in [2.05, 4.69) is 25.4 Å². The molecule has 3 rings (SSSR count). The van der Waals surface area contributed by atoms with E-state index in [0.29, 0.717) is 24.4 Å². The molecule has 164 valence electrons. The Labute approximate surface area is 181 Å². The van der Waals surface area contributed by atoms with Crippen molar-refractivity contribution in [2.75, 3.05) is 13.1 Å². The van der Waals surface area contributed by atoms with Crippen molar-refractivity contribution in [3.05, 3.63) is 59.7 Å². The van der Waals surface area contributed by atoms with Crippen molar-refractivity contribution in [2.24, 2.45) is 0 Å². The Balaban J connectivity index is 1.37. The van der Waals surface area contributed by atoms with Crippen LogP contribution in [0, 0.1) is 13.8 Å². The minimum Gasteiger partial charge on any atom is -0.355 e. The lowest BCUT2D eigenvalue weighted by atomic mass is 10.2. The number of amides is 1. The zero-order valence-corrected chi connectivity index (χ0v) is 18.4. The lowest BCUT2D eigenvalue weighted by Crippen LogP contribution is -2.35. The molecular formula is C21H26N6O3S. The molecule has 10 heteroatoms. The quantitative estimate of drug-likeness (QED) is 0.463. The number of hydrogen-bond acceptors (Lipinski definition) is 6. The van der Waals surface area contributed by atoms with Crippen LogP contribution in [-0.2, 0) is 21.4 Å². The van der Waals surface area contributed by atoms with Gasteiger partial charge in [-0.25, -0.2) is 13.1 Å². The maximum atomic E-state index is 12.4. The smallest absolute Gasteiger partial charge is 0.240 e. The van der Waals surface area contributed by atoms with Crippen LogP contribution >= 0.6 is 0 Å². The van der Waals surface area contributed by atoms with Crippen molar-refractivity contribution in [2.45, 2.75) is 38.1 Å². The van der Waals surface area contributed by atoms with E-state index < -0.39 is 10.0 Å². The van der Waals surface area contributed by atoms with Gasteiger partial charge < -0.3 is 5.32 Å². The summed E-state index contributed by atoms with van der Waals surface area (Å²) in [6.07, 6.45) is 0.830. The molecule has 0 unspecified atom stereocenters. The Kier molecular flexibility index (Phi) is 7.48. The maximum absolute atomic E-state index is 12.4. The highest BCUT2D eigenvalue weighted by atomic mass is 32.2. The first kappa shape index (κ1) is 22.6. The second-order valence-corrected chi connectivity index (χ2v) is 8.93. The van der Waals surface area contributed by atoms with Gasteiger partial charge in [-0.3, -0.25) is 4.79 Å². The average molecular weight is 443 g/mol. The summed E-state index contributed by atoms with van der Waals surface area (Å²) in [6.45, 7) is 4.39. The molecule has 0 aliphatic heterocycles. The molecule has 2 aromatic carbocycles. The molecule has 3 aromatic rings. The van der Waals surface area contributed by atoms with Gasteiger partial charge in [0, 0.05) is 25.1 Å². The number of benzene rings is 2. The summed E-state index contributed by atoms with van der Waals surface area (Å²) >= 11 is 0. The molecular weight excluding hydrogens is 416 g/mol. The van der Waals surface area contributed by atoms with Crippen molar-refractivity contribution < 1.29 is 13.2 Å². The van der Waals surface area contributed by atoms with Gasteiger partial charge in [0.25, 0.3) is 0 Å². The summed E-state index contributed by atoms with van der Waals surface area (Å²) in [4.78, 5) is 13.7. The van der Waals surface area contributed by atoms with Gasteiger partial charge in [0.2, 0.25) is 21.8 Å². The van der Waals surface area contributed by atoms with Crippen LogP contribution in [0.25, 0.3) is 11.4 Å². The zero-order valence-electron chi connectivity index (χ0n) is 17.6. The van der Waals surface area contributed by atoms with Crippen molar-refractivity contribution in [1.29, 1.82) is 0 Å². The Hall–Kier alpha value is -3.11. The Morgan fingerprint density at radius 2 is 1.84 bits per heavy atom. The van der Waals surface area contributed by atoms with E-state index in [4.69, 9.17) is 0 Å².